The summed E-state index contributed by atoms with van der Waals surface area (Å²) in [4.78, 5) is 1.19. The smallest absolute Gasteiger partial charge is 0.00151 e. The highest BCUT2D eigenvalue weighted by molar-refractivity contribution is 7.84. The van der Waals surface area contributed by atoms with Gasteiger partial charge in [0.2, 0.25) is 0 Å². The molecule has 0 saturated heterocycles. The molecule has 1 heteroatoms. The van der Waals surface area contributed by atoms with Crippen LogP contribution in [0.15, 0.2) is 47.4 Å². The predicted octanol–water partition coefficient (Wildman–Crippen LogP) is 4.78. The number of hydrogen-bond acceptors (Lipinski definition) is 1. The highest BCUT2D eigenvalue weighted by Crippen LogP contribution is 2.37. The van der Waals surface area contributed by atoms with Gasteiger partial charge < -0.3 is 0 Å². The van der Waals surface area contributed by atoms with Gasteiger partial charge in [0.05, 0.1) is 0 Å². The van der Waals surface area contributed by atoms with Crippen LogP contribution in [0.5, 0.6) is 0 Å². The fourth-order valence-corrected chi connectivity index (χ4v) is 2.50. The van der Waals surface area contributed by atoms with Crippen molar-refractivity contribution in [2.24, 2.45) is 17.8 Å². The topological polar surface area (TPSA) is 0 Å². The summed E-state index contributed by atoms with van der Waals surface area (Å²) in [7, 11) is 0. The van der Waals surface area contributed by atoms with E-state index in [9.17, 15) is 0 Å². The molecule has 0 aromatic carbocycles. The molecule has 3 atom stereocenters. The molecular weight excluding hydrogens is 212 g/mol. The van der Waals surface area contributed by atoms with Gasteiger partial charge in [-0.3, -0.25) is 0 Å². The zero-order chi connectivity index (χ0) is 12.0. The molecule has 1 aliphatic rings. The minimum Gasteiger partial charge on any atom is -0.148 e. The fourth-order valence-electron chi connectivity index (χ4n) is 2.28. The molecule has 0 amide bonds. The molecule has 1 rings (SSSR count). The lowest BCUT2D eigenvalue weighted by atomic mass is 9.85. The van der Waals surface area contributed by atoms with Crippen molar-refractivity contribution in [2.45, 2.75) is 27.2 Å². The van der Waals surface area contributed by atoms with Crippen molar-refractivity contribution in [1.29, 1.82) is 0 Å². The Morgan fingerprint density at radius 1 is 1.12 bits per heavy atom. The molecule has 0 aromatic rings. The zero-order valence-corrected chi connectivity index (χ0v) is 11.3. The average molecular weight is 234 g/mol. The zero-order valence-electron chi connectivity index (χ0n) is 10.4. The van der Waals surface area contributed by atoms with E-state index in [0.717, 1.165) is 6.42 Å². The second kappa shape index (κ2) is 6.80. The Labute approximate surface area is 105 Å². The number of allylic oxidation sites excluding steroid dienone is 8. The van der Waals surface area contributed by atoms with Crippen molar-refractivity contribution in [3.63, 3.8) is 0 Å². The standard InChI is InChI=1S/C15H22S/c1-4-7-12-9-10-13(11-14(16)6-3)15(12)8-5-2/h4-10,12-13,15-16H,11H2,1-3H3/b7-4-,8-5-,14-6+. The van der Waals surface area contributed by atoms with Crippen LogP contribution in [0.3, 0.4) is 0 Å². The molecule has 0 heterocycles. The van der Waals surface area contributed by atoms with Gasteiger partial charge >= 0.3 is 0 Å². The summed E-state index contributed by atoms with van der Waals surface area (Å²) in [5.74, 6) is 1.76. The first kappa shape index (κ1) is 13.4. The SMILES string of the molecule is C/C=C\C1C=CC(C/C(S)=C\C)C1/C=C\C. The second-order valence-electron chi connectivity index (χ2n) is 4.24. The predicted molar refractivity (Wildman–Crippen MR) is 76.6 cm³/mol. The van der Waals surface area contributed by atoms with Crippen molar-refractivity contribution in [1.82, 2.24) is 0 Å². The number of thiol groups is 1. The van der Waals surface area contributed by atoms with Crippen LogP contribution < -0.4 is 0 Å². The molecular formula is C15H22S. The van der Waals surface area contributed by atoms with E-state index in [2.05, 4.69) is 75.9 Å². The van der Waals surface area contributed by atoms with Crippen LogP contribution in [0.1, 0.15) is 27.2 Å². The number of rotatable bonds is 4. The minimum atomic E-state index is 0.559. The summed E-state index contributed by atoms with van der Waals surface area (Å²) in [5, 5.41) is 0. The van der Waals surface area contributed by atoms with Gasteiger partial charge in [-0.05, 0) is 43.9 Å². The molecule has 0 nitrogen and oxygen atoms in total. The monoisotopic (exact) mass is 234 g/mol. The lowest BCUT2D eigenvalue weighted by Gasteiger charge is -2.20. The van der Waals surface area contributed by atoms with Crippen molar-refractivity contribution >= 4 is 12.6 Å². The molecule has 16 heavy (non-hydrogen) atoms. The molecule has 0 saturated carbocycles. The highest BCUT2D eigenvalue weighted by Gasteiger charge is 2.27. The van der Waals surface area contributed by atoms with Crippen LogP contribution in [-0.4, -0.2) is 0 Å². The van der Waals surface area contributed by atoms with Crippen LogP contribution in [0.25, 0.3) is 0 Å². The average Bonchev–Trinajstić information content (AvgIpc) is 2.63. The molecule has 0 bridgehead atoms. The van der Waals surface area contributed by atoms with E-state index in [-0.39, 0.29) is 0 Å². The van der Waals surface area contributed by atoms with Gasteiger partial charge in [0.1, 0.15) is 0 Å². The Hall–Kier alpha value is -0.690. The maximum Gasteiger partial charge on any atom is 0.00151 e. The molecule has 0 aliphatic heterocycles. The van der Waals surface area contributed by atoms with Crippen LogP contribution in [-0.2, 0) is 0 Å². The van der Waals surface area contributed by atoms with Gasteiger partial charge in [-0.1, -0.05) is 42.5 Å². The summed E-state index contributed by atoms with van der Waals surface area (Å²) >= 11 is 4.48. The van der Waals surface area contributed by atoms with Crippen molar-refractivity contribution in [3.05, 3.63) is 47.4 Å². The Balaban J connectivity index is 2.75. The van der Waals surface area contributed by atoms with E-state index < -0.39 is 0 Å². The Kier molecular flexibility index (Phi) is 5.68. The summed E-state index contributed by atoms with van der Waals surface area (Å²) in [6.45, 7) is 6.23. The van der Waals surface area contributed by atoms with Crippen molar-refractivity contribution < 1.29 is 0 Å². The van der Waals surface area contributed by atoms with E-state index in [1.54, 1.807) is 0 Å². The highest BCUT2D eigenvalue weighted by atomic mass is 32.1. The van der Waals surface area contributed by atoms with Gasteiger partial charge in [-0.25, -0.2) is 0 Å². The summed E-state index contributed by atoms with van der Waals surface area (Å²) < 4.78 is 0. The fraction of sp³-hybridized carbons (Fsp3) is 0.467. The molecule has 0 spiro atoms. The molecule has 1 aliphatic carbocycles. The Morgan fingerprint density at radius 3 is 2.38 bits per heavy atom. The van der Waals surface area contributed by atoms with E-state index in [4.69, 9.17) is 0 Å². The maximum absolute atomic E-state index is 4.48. The van der Waals surface area contributed by atoms with Gasteiger partial charge in [-0.2, -0.15) is 0 Å². The van der Waals surface area contributed by atoms with Gasteiger partial charge in [0.15, 0.2) is 0 Å². The van der Waals surface area contributed by atoms with E-state index in [0.29, 0.717) is 17.8 Å². The first-order valence-electron chi connectivity index (χ1n) is 6.01. The van der Waals surface area contributed by atoms with Gasteiger partial charge in [-0.15, -0.1) is 12.6 Å². The van der Waals surface area contributed by atoms with Gasteiger partial charge in [0, 0.05) is 5.92 Å². The van der Waals surface area contributed by atoms with Crippen LogP contribution in [0, 0.1) is 17.8 Å². The normalized spacial score (nSPS) is 31.0. The van der Waals surface area contributed by atoms with E-state index in [1.165, 1.54) is 4.91 Å². The molecule has 0 N–H and O–H groups in total. The molecule has 0 radical (unpaired) electrons. The third-order valence-electron chi connectivity index (χ3n) is 3.13. The van der Waals surface area contributed by atoms with Crippen LogP contribution in [0.2, 0.25) is 0 Å². The third kappa shape index (κ3) is 3.41. The first-order chi connectivity index (χ1) is 7.72. The van der Waals surface area contributed by atoms with Crippen LogP contribution in [0.4, 0.5) is 0 Å². The summed E-state index contributed by atoms with van der Waals surface area (Å²) in [6.07, 6.45) is 16.7. The molecule has 88 valence electrons. The number of hydrogen-bond donors (Lipinski definition) is 1. The summed E-state index contributed by atoms with van der Waals surface area (Å²) in [5.41, 5.74) is 0. The third-order valence-corrected chi connectivity index (χ3v) is 3.57. The lowest BCUT2D eigenvalue weighted by molar-refractivity contribution is 0.455. The molecule has 3 unspecified atom stereocenters. The lowest BCUT2D eigenvalue weighted by Crippen LogP contribution is -2.12. The molecule has 0 fully saturated rings. The largest absolute Gasteiger partial charge is 0.148 e. The minimum absolute atomic E-state index is 0.559. The van der Waals surface area contributed by atoms with Crippen molar-refractivity contribution in [2.75, 3.05) is 0 Å². The maximum atomic E-state index is 4.48. The Morgan fingerprint density at radius 2 is 1.81 bits per heavy atom. The first-order valence-corrected chi connectivity index (χ1v) is 6.45. The van der Waals surface area contributed by atoms with Crippen molar-refractivity contribution in [3.8, 4) is 0 Å². The second-order valence-corrected chi connectivity index (χ2v) is 4.81. The van der Waals surface area contributed by atoms with E-state index in [1.807, 2.05) is 0 Å². The quantitative estimate of drug-likeness (QED) is 0.525. The van der Waals surface area contributed by atoms with Gasteiger partial charge in [0.25, 0.3) is 0 Å². The van der Waals surface area contributed by atoms with E-state index >= 15 is 0 Å². The molecule has 0 aromatic heterocycles. The van der Waals surface area contributed by atoms with Crippen LogP contribution >= 0.6 is 12.6 Å². The Bertz CT molecular complexity index is 320. The summed E-state index contributed by atoms with van der Waals surface area (Å²) in [6, 6.07) is 0.